The summed E-state index contributed by atoms with van der Waals surface area (Å²) in [6.45, 7) is 2.39. The maximum Gasteiger partial charge on any atom is 0.254 e. The van der Waals surface area contributed by atoms with Crippen molar-refractivity contribution in [2.75, 3.05) is 50.1 Å². The van der Waals surface area contributed by atoms with Gasteiger partial charge in [0.15, 0.2) is 0 Å². The highest BCUT2D eigenvalue weighted by molar-refractivity contribution is 7.99. The number of thioether (sulfide) groups is 1. The zero-order valence-corrected chi connectivity index (χ0v) is 13.4. The second-order valence-electron chi connectivity index (χ2n) is 5.17. The predicted octanol–water partition coefficient (Wildman–Crippen LogP) is 1.25. The molecule has 1 aliphatic rings. The van der Waals surface area contributed by atoms with E-state index in [4.69, 9.17) is 0 Å². The Morgan fingerprint density at radius 3 is 2.62 bits per heavy atom. The number of hydrogen-bond donors (Lipinski definition) is 1. The second-order valence-corrected chi connectivity index (χ2v) is 6.39. The molecule has 0 aromatic heterocycles. The molecule has 21 heavy (non-hydrogen) atoms. The maximum atomic E-state index is 11.8. The van der Waals surface area contributed by atoms with E-state index < -0.39 is 0 Å². The van der Waals surface area contributed by atoms with Gasteiger partial charge in [-0.2, -0.15) is 16.9 Å². The van der Waals surface area contributed by atoms with Crippen molar-refractivity contribution >= 4 is 29.6 Å². The zero-order valence-electron chi connectivity index (χ0n) is 12.6. The fourth-order valence-corrected chi connectivity index (χ4v) is 3.01. The number of carbonyl (C=O) groups is 1. The first-order chi connectivity index (χ1) is 10.1. The Balaban J connectivity index is 1.77. The quantitative estimate of drug-likeness (QED) is 0.657. The topological polar surface area (TPSA) is 47.9 Å². The lowest BCUT2D eigenvalue weighted by atomic mass is 10.2. The van der Waals surface area contributed by atoms with E-state index in [0.717, 1.165) is 35.8 Å². The molecule has 0 aliphatic carbocycles. The third kappa shape index (κ3) is 5.40. The Bertz CT molecular complexity index is 481. The number of rotatable bonds is 5. The molecule has 0 bridgehead atoms. The van der Waals surface area contributed by atoms with Crippen LogP contribution >= 0.6 is 11.8 Å². The number of hydrogen-bond acceptors (Lipinski definition) is 5. The molecule has 1 aromatic rings. The lowest BCUT2D eigenvalue weighted by Crippen LogP contribution is -2.40. The average molecular weight is 306 g/mol. The molecule has 6 heteroatoms. The van der Waals surface area contributed by atoms with Crippen LogP contribution in [0, 0.1) is 0 Å². The first-order valence-electron chi connectivity index (χ1n) is 7.04. The molecule has 2 rings (SSSR count). The first kappa shape index (κ1) is 15.9. The van der Waals surface area contributed by atoms with Crippen LogP contribution in [-0.4, -0.2) is 62.3 Å². The molecule has 1 heterocycles. The van der Waals surface area contributed by atoms with E-state index >= 15 is 0 Å². The highest BCUT2D eigenvalue weighted by Gasteiger charge is 2.13. The molecule has 5 nitrogen and oxygen atoms in total. The minimum atomic E-state index is -0.0527. The Morgan fingerprint density at radius 2 is 2.00 bits per heavy atom. The predicted molar refractivity (Wildman–Crippen MR) is 90.3 cm³/mol. The molecule has 1 N–H and O–H groups in total. The van der Waals surface area contributed by atoms with E-state index in [1.807, 2.05) is 55.0 Å². The summed E-state index contributed by atoms with van der Waals surface area (Å²) in [4.78, 5) is 16.0. The summed E-state index contributed by atoms with van der Waals surface area (Å²) in [6, 6.07) is 8.00. The van der Waals surface area contributed by atoms with Crippen molar-refractivity contribution in [3.05, 3.63) is 29.8 Å². The number of nitrogens with one attached hydrogen (secondary N) is 1. The summed E-state index contributed by atoms with van der Waals surface area (Å²) in [7, 11) is 4.00. The number of nitrogens with zero attached hydrogens (tertiary/aromatic N) is 3. The standard InChI is InChI=1S/C15H22N4OS/c1-18(2)14-5-3-13(4-6-14)11-16-17-15(20)12-19-7-9-21-10-8-19/h3-6,11H,7-10,12H2,1-2H3,(H,17,20)/b16-11+. The van der Waals surface area contributed by atoms with Crippen molar-refractivity contribution in [1.82, 2.24) is 10.3 Å². The lowest BCUT2D eigenvalue weighted by Gasteiger charge is -2.24. The normalized spacial score (nSPS) is 16.1. The molecule has 0 spiro atoms. The van der Waals surface area contributed by atoms with Crippen molar-refractivity contribution < 1.29 is 4.79 Å². The first-order valence-corrected chi connectivity index (χ1v) is 8.20. The molecule has 1 aromatic carbocycles. The van der Waals surface area contributed by atoms with Gasteiger partial charge in [-0.3, -0.25) is 9.69 Å². The molecule has 1 saturated heterocycles. The smallest absolute Gasteiger partial charge is 0.254 e. The third-order valence-corrected chi connectivity index (χ3v) is 4.23. The van der Waals surface area contributed by atoms with E-state index in [9.17, 15) is 4.79 Å². The van der Waals surface area contributed by atoms with E-state index in [-0.39, 0.29) is 5.91 Å². The Labute approximate surface area is 130 Å². The van der Waals surface area contributed by atoms with Crippen LogP contribution in [0.3, 0.4) is 0 Å². The summed E-state index contributed by atoms with van der Waals surface area (Å²) in [5.41, 5.74) is 4.69. The van der Waals surface area contributed by atoms with Gasteiger partial charge in [0.2, 0.25) is 0 Å². The van der Waals surface area contributed by atoms with Crippen molar-refractivity contribution in [3.63, 3.8) is 0 Å². The highest BCUT2D eigenvalue weighted by Crippen LogP contribution is 2.11. The molecule has 0 radical (unpaired) electrons. The van der Waals surface area contributed by atoms with Gasteiger partial charge in [-0.1, -0.05) is 12.1 Å². The summed E-state index contributed by atoms with van der Waals surface area (Å²) in [6.07, 6.45) is 1.67. The fourth-order valence-electron chi connectivity index (χ4n) is 2.04. The molecule has 0 atom stereocenters. The van der Waals surface area contributed by atoms with Crippen molar-refractivity contribution in [2.24, 2.45) is 5.10 Å². The third-order valence-electron chi connectivity index (χ3n) is 3.28. The van der Waals surface area contributed by atoms with E-state index in [2.05, 4.69) is 15.4 Å². The number of hydrazone groups is 1. The molecule has 0 unspecified atom stereocenters. The van der Waals surface area contributed by atoms with Gasteiger partial charge in [-0.15, -0.1) is 0 Å². The SMILES string of the molecule is CN(C)c1ccc(/C=N/NC(=O)CN2CCSCC2)cc1. The lowest BCUT2D eigenvalue weighted by molar-refractivity contribution is -0.122. The number of amides is 1. The Morgan fingerprint density at radius 1 is 1.33 bits per heavy atom. The fraction of sp³-hybridized carbons (Fsp3) is 0.467. The molecular weight excluding hydrogens is 284 g/mol. The van der Waals surface area contributed by atoms with Crippen LogP contribution < -0.4 is 10.3 Å². The van der Waals surface area contributed by atoms with Gasteiger partial charge in [0, 0.05) is 44.4 Å². The van der Waals surface area contributed by atoms with Gasteiger partial charge in [0.1, 0.15) is 0 Å². The Kier molecular flexibility index (Phi) is 6.07. The molecule has 1 aliphatic heterocycles. The van der Waals surface area contributed by atoms with Crippen LogP contribution in [-0.2, 0) is 4.79 Å². The van der Waals surface area contributed by atoms with E-state index in [1.54, 1.807) is 6.21 Å². The van der Waals surface area contributed by atoms with Gasteiger partial charge in [0.05, 0.1) is 12.8 Å². The summed E-state index contributed by atoms with van der Waals surface area (Å²) in [5, 5.41) is 4.01. The Hall–Kier alpha value is -1.53. The zero-order chi connectivity index (χ0) is 15.1. The van der Waals surface area contributed by atoms with Crippen molar-refractivity contribution in [2.45, 2.75) is 0 Å². The highest BCUT2D eigenvalue weighted by atomic mass is 32.2. The minimum absolute atomic E-state index is 0.0527. The van der Waals surface area contributed by atoms with Crippen LogP contribution in [0.15, 0.2) is 29.4 Å². The molecule has 1 fully saturated rings. The largest absolute Gasteiger partial charge is 0.378 e. The van der Waals surface area contributed by atoms with Crippen LogP contribution in [0.5, 0.6) is 0 Å². The molecular formula is C15H22N4OS. The van der Waals surface area contributed by atoms with Crippen LogP contribution in [0.4, 0.5) is 5.69 Å². The molecule has 1 amide bonds. The van der Waals surface area contributed by atoms with Gasteiger partial charge < -0.3 is 4.90 Å². The van der Waals surface area contributed by atoms with Gasteiger partial charge in [-0.25, -0.2) is 5.43 Å². The van der Waals surface area contributed by atoms with E-state index in [0.29, 0.717) is 6.54 Å². The number of carbonyl (C=O) groups excluding carboxylic acids is 1. The number of anilines is 1. The molecule has 114 valence electrons. The average Bonchev–Trinajstić information content (AvgIpc) is 2.49. The summed E-state index contributed by atoms with van der Waals surface area (Å²) >= 11 is 1.94. The maximum absolute atomic E-state index is 11.8. The number of benzene rings is 1. The monoisotopic (exact) mass is 306 g/mol. The van der Waals surface area contributed by atoms with Crippen molar-refractivity contribution in [3.8, 4) is 0 Å². The van der Waals surface area contributed by atoms with Gasteiger partial charge in [-0.05, 0) is 17.7 Å². The van der Waals surface area contributed by atoms with Gasteiger partial charge in [0.25, 0.3) is 5.91 Å². The summed E-state index contributed by atoms with van der Waals surface area (Å²) in [5.74, 6) is 2.16. The summed E-state index contributed by atoms with van der Waals surface area (Å²) < 4.78 is 0. The molecule has 0 saturated carbocycles. The van der Waals surface area contributed by atoms with Crippen molar-refractivity contribution in [1.29, 1.82) is 0 Å². The van der Waals surface area contributed by atoms with Crippen LogP contribution in [0.2, 0.25) is 0 Å². The van der Waals surface area contributed by atoms with Crippen LogP contribution in [0.25, 0.3) is 0 Å². The van der Waals surface area contributed by atoms with E-state index in [1.165, 1.54) is 0 Å². The second kappa shape index (κ2) is 8.05. The van der Waals surface area contributed by atoms with Gasteiger partial charge >= 0.3 is 0 Å². The minimum Gasteiger partial charge on any atom is -0.378 e. The van der Waals surface area contributed by atoms with Crippen LogP contribution in [0.1, 0.15) is 5.56 Å².